The molecule has 1 aromatic heterocycles. The third-order valence-corrected chi connectivity index (χ3v) is 4.10. The van der Waals surface area contributed by atoms with Crippen molar-refractivity contribution in [1.29, 1.82) is 5.26 Å². The SMILES string of the molecule is Cc1c2c([nH]c(=O)c1C#N)CCN(Cc1ccccc1)C2. The van der Waals surface area contributed by atoms with E-state index in [2.05, 4.69) is 22.0 Å². The normalized spacial score (nSPS) is 14.5. The maximum atomic E-state index is 11.8. The first-order chi connectivity index (χ1) is 10.2. The lowest BCUT2D eigenvalue weighted by atomic mass is 9.97. The number of nitrogens with one attached hydrogen (secondary N) is 1. The Morgan fingerprint density at radius 1 is 1.33 bits per heavy atom. The van der Waals surface area contributed by atoms with Crippen LogP contribution in [-0.4, -0.2) is 16.4 Å². The molecule has 3 rings (SSSR count). The molecule has 1 aromatic carbocycles. The molecular weight excluding hydrogens is 262 g/mol. The fourth-order valence-corrected chi connectivity index (χ4v) is 2.93. The number of pyridine rings is 1. The van der Waals surface area contributed by atoms with Crippen molar-refractivity contribution in [2.45, 2.75) is 26.4 Å². The molecule has 4 heteroatoms. The van der Waals surface area contributed by atoms with Crippen LogP contribution >= 0.6 is 0 Å². The minimum Gasteiger partial charge on any atom is -0.325 e. The number of fused-ring (bicyclic) bond motifs is 1. The predicted molar refractivity (Wildman–Crippen MR) is 80.8 cm³/mol. The molecule has 4 nitrogen and oxygen atoms in total. The molecule has 0 saturated carbocycles. The Bertz CT molecular complexity index is 756. The van der Waals surface area contributed by atoms with Crippen LogP contribution in [0.15, 0.2) is 35.1 Å². The molecule has 2 heterocycles. The molecular formula is C17H17N3O. The fourth-order valence-electron chi connectivity index (χ4n) is 2.93. The van der Waals surface area contributed by atoms with Gasteiger partial charge in [0.2, 0.25) is 0 Å². The summed E-state index contributed by atoms with van der Waals surface area (Å²) in [7, 11) is 0. The van der Waals surface area contributed by atoms with Gasteiger partial charge in [-0.1, -0.05) is 30.3 Å². The topological polar surface area (TPSA) is 59.9 Å². The van der Waals surface area contributed by atoms with Crippen molar-refractivity contribution in [3.05, 3.63) is 68.6 Å². The first kappa shape index (κ1) is 13.6. The van der Waals surface area contributed by atoms with Crippen molar-refractivity contribution in [2.24, 2.45) is 0 Å². The first-order valence-electron chi connectivity index (χ1n) is 7.10. The van der Waals surface area contributed by atoms with Crippen molar-refractivity contribution in [3.63, 3.8) is 0 Å². The summed E-state index contributed by atoms with van der Waals surface area (Å²) in [5, 5.41) is 9.12. The maximum absolute atomic E-state index is 11.8. The van der Waals surface area contributed by atoms with E-state index in [1.807, 2.05) is 31.2 Å². The zero-order valence-electron chi connectivity index (χ0n) is 12.0. The highest BCUT2D eigenvalue weighted by molar-refractivity contribution is 5.43. The van der Waals surface area contributed by atoms with E-state index in [0.717, 1.165) is 42.9 Å². The third kappa shape index (κ3) is 2.61. The van der Waals surface area contributed by atoms with Crippen LogP contribution in [0.25, 0.3) is 0 Å². The number of hydrogen-bond acceptors (Lipinski definition) is 3. The molecule has 1 aliphatic rings. The van der Waals surface area contributed by atoms with E-state index in [0.29, 0.717) is 0 Å². The maximum Gasteiger partial charge on any atom is 0.266 e. The van der Waals surface area contributed by atoms with Gasteiger partial charge in [0.1, 0.15) is 11.6 Å². The van der Waals surface area contributed by atoms with E-state index >= 15 is 0 Å². The van der Waals surface area contributed by atoms with E-state index in [1.54, 1.807) is 0 Å². The standard InChI is InChI=1S/C17H17N3O/c1-12-14(9-18)17(21)19-16-7-8-20(11-15(12)16)10-13-5-3-2-4-6-13/h2-6H,7-8,10-11H2,1H3,(H,19,21). The Morgan fingerprint density at radius 2 is 2.10 bits per heavy atom. The summed E-state index contributed by atoms with van der Waals surface area (Å²) in [6, 6.07) is 12.4. The van der Waals surface area contributed by atoms with Gasteiger partial charge in [-0.3, -0.25) is 9.69 Å². The van der Waals surface area contributed by atoms with Crippen molar-refractivity contribution in [3.8, 4) is 6.07 Å². The van der Waals surface area contributed by atoms with Gasteiger partial charge in [0.15, 0.2) is 0 Å². The van der Waals surface area contributed by atoms with Crippen LogP contribution in [0.5, 0.6) is 0 Å². The summed E-state index contributed by atoms with van der Waals surface area (Å²) in [5.41, 5.74) is 4.19. The smallest absolute Gasteiger partial charge is 0.266 e. The second-order valence-corrected chi connectivity index (χ2v) is 5.47. The molecule has 0 fully saturated rings. The molecule has 0 saturated heterocycles. The van der Waals surface area contributed by atoms with E-state index < -0.39 is 0 Å². The van der Waals surface area contributed by atoms with Gasteiger partial charge in [-0.25, -0.2) is 0 Å². The zero-order valence-corrected chi connectivity index (χ0v) is 12.0. The molecule has 2 aromatic rings. The summed E-state index contributed by atoms with van der Waals surface area (Å²) in [6.07, 6.45) is 0.823. The van der Waals surface area contributed by atoms with Gasteiger partial charge < -0.3 is 4.98 Å². The molecule has 0 bridgehead atoms. The van der Waals surface area contributed by atoms with Crippen LogP contribution in [0.4, 0.5) is 0 Å². The number of hydrogen-bond donors (Lipinski definition) is 1. The van der Waals surface area contributed by atoms with Gasteiger partial charge in [-0.15, -0.1) is 0 Å². The predicted octanol–water partition coefficient (Wildman–Crippen LogP) is 2.11. The van der Waals surface area contributed by atoms with Crippen molar-refractivity contribution in [2.75, 3.05) is 6.54 Å². The van der Waals surface area contributed by atoms with E-state index in [9.17, 15) is 4.79 Å². The lowest BCUT2D eigenvalue weighted by Gasteiger charge is -2.29. The highest BCUT2D eigenvalue weighted by Crippen LogP contribution is 2.22. The average Bonchev–Trinajstić information content (AvgIpc) is 2.49. The minimum atomic E-state index is -0.259. The monoisotopic (exact) mass is 279 g/mol. The van der Waals surface area contributed by atoms with Gasteiger partial charge in [0.25, 0.3) is 5.56 Å². The van der Waals surface area contributed by atoms with Crippen LogP contribution in [0, 0.1) is 18.3 Å². The Morgan fingerprint density at radius 3 is 2.81 bits per heavy atom. The van der Waals surface area contributed by atoms with Gasteiger partial charge in [-0.2, -0.15) is 5.26 Å². The molecule has 1 N–H and O–H groups in total. The van der Waals surface area contributed by atoms with E-state index in [-0.39, 0.29) is 11.1 Å². The highest BCUT2D eigenvalue weighted by atomic mass is 16.1. The van der Waals surface area contributed by atoms with E-state index in [4.69, 9.17) is 5.26 Å². The number of nitriles is 1. The Balaban J connectivity index is 1.89. The van der Waals surface area contributed by atoms with Crippen molar-refractivity contribution >= 4 is 0 Å². The fraction of sp³-hybridized carbons (Fsp3) is 0.294. The lowest BCUT2D eigenvalue weighted by Crippen LogP contribution is -2.33. The molecule has 0 amide bonds. The van der Waals surface area contributed by atoms with Gasteiger partial charge >= 0.3 is 0 Å². The number of H-pyrrole nitrogens is 1. The minimum absolute atomic E-state index is 0.246. The van der Waals surface area contributed by atoms with Crippen molar-refractivity contribution in [1.82, 2.24) is 9.88 Å². The average molecular weight is 279 g/mol. The highest BCUT2D eigenvalue weighted by Gasteiger charge is 2.21. The third-order valence-electron chi connectivity index (χ3n) is 4.10. The van der Waals surface area contributed by atoms with Gasteiger partial charge in [-0.05, 0) is 23.6 Å². The molecule has 0 aliphatic carbocycles. The van der Waals surface area contributed by atoms with Crippen LogP contribution < -0.4 is 5.56 Å². The molecule has 0 radical (unpaired) electrons. The molecule has 0 spiro atoms. The van der Waals surface area contributed by atoms with Crippen LogP contribution in [-0.2, 0) is 19.5 Å². The molecule has 21 heavy (non-hydrogen) atoms. The first-order valence-corrected chi connectivity index (χ1v) is 7.10. The molecule has 0 atom stereocenters. The second-order valence-electron chi connectivity index (χ2n) is 5.47. The summed E-state index contributed by atoms with van der Waals surface area (Å²) >= 11 is 0. The Hall–Kier alpha value is -2.38. The number of benzene rings is 1. The number of rotatable bonds is 2. The number of nitrogens with zero attached hydrogens (tertiary/aromatic N) is 2. The lowest BCUT2D eigenvalue weighted by molar-refractivity contribution is 0.242. The van der Waals surface area contributed by atoms with Crippen LogP contribution in [0.3, 0.4) is 0 Å². The zero-order chi connectivity index (χ0) is 14.8. The summed E-state index contributed by atoms with van der Waals surface area (Å²) in [4.78, 5) is 17.0. The molecule has 0 unspecified atom stereocenters. The quantitative estimate of drug-likeness (QED) is 0.916. The van der Waals surface area contributed by atoms with Crippen LogP contribution in [0.1, 0.15) is 27.9 Å². The number of aromatic amines is 1. The van der Waals surface area contributed by atoms with Gasteiger partial charge in [0, 0.05) is 31.7 Å². The van der Waals surface area contributed by atoms with Crippen LogP contribution in [0.2, 0.25) is 0 Å². The van der Waals surface area contributed by atoms with Crippen molar-refractivity contribution < 1.29 is 0 Å². The summed E-state index contributed by atoms with van der Waals surface area (Å²) in [5.74, 6) is 0. The van der Waals surface area contributed by atoms with Gasteiger partial charge in [0.05, 0.1) is 0 Å². The second kappa shape index (κ2) is 5.55. The number of aromatic nitrogens is 1. The Kier molecular flexibility index (Phi) is 3.59. The largest absolute Gasteiger partial charge is 0.325 e. The Labute approximate surface area is 123 Å². The summed E-state index contributed by atoms with van der Waals surface area (Å²) in [6.45, 7) is 4.46. The molecule has 1 aliphatic heterocycles. The summed E-state index contributed by atoms with van der Waals surface area (Å²) < 4.78 is 0. The van der Waals surface area contributed by atoms with E-state index in [1.165, 1.54) is 5.56 Å². The molecule has 106 valence electrons.